The van der Waals surface area contributed by atoms with Crippen LogP contribution in [0, 0.1) is 6.92 Å². The standard InChI is InChI=1S/C13H16O/c1-4-6-12(3)10-14-13-8-5-7-11(2)9-13/h4-9H,1,10H2,2-3H3/b12-6+. The van der Waals surface area contributed by atoms with Gasteiger partial charge < -0.3 is 4.74 Å². The van der Waals surface area contributed by atoms with Crippen LogP contribution < -0.4 is 4.74 Å². The van der Waals surface area contributed by atoms with E-state index < -0.39 is 0 Å². The van der Waals surface area contributed by atoms with Crippen LogP contribution in [0.4, 0.5) is 0 Å². The number of benzene rings is 1. The quantitative estimate of drug-likeness (QED) is 0.657. The van der Waals surface area contributed by atoms with E-state index in [1.807, 2.05) is 31.2 Å². The molecule has 0 fully saturated rings. The van der Waals surface area contributed by atoms with E-state index in [0.717, 1.165) is 5.75 Å². The van der Waals surface area contributed by atoms with Gasteiger partial charge in [0.15, 0.2) is 0 Å². The second kappa shape index (κ2) is 5.28. The Balaban J connectivity index is 2.53. The second-order valence-electron chi connectivity index (χ2n) is 3.35. The van der Waals surface area contributed by atoms with E-state index in [-0.39, 0.29) is 0 Å². The summed E-state index contributed by atoms with van der Waals surface area (Å²) in [6.07, 6.45) is 3.73. The molecule has 1 aromatic rings. The second-order valence-corrected chi connectivity index (χ2v) is 3.35. The first kappa shape index (κ1) is 10.6. The van der Waals surface area contributed by atoms with Crippen molar-refractivity contribution in [2.24, 2.45) is 0 Å². The van der Waals surface area contributed by atoms with Gasteiger partial charge in [-0.2, -0.15) is 0 Å². The lowest BCUT2D eigenvalue weighted by Gasteiger charge is -2.06. The molecule has 0 aliphatic carbocycles. The van der Waals surface area contributed by atoms with E-state index in [4.69, 9.17) is 4.74 Å². The first-order chi connectivity index (χ1) is 6.72. The topological polar surface area (TPSA) is 9.23 Å². The van der Waals surface area contributed by atoms with E-state index in [2.05, 4.69) is 19.6 Å². The Hall–Kier alpha value is -1.50. The SMILES string of the molecule is C=C/C=C(\C)COc1cccc(C)c1. The molecule has 0 unspecified atom stereocenters. The number of rotatable bonds is 4. The fourth-order valence-corrected chi connectivity index (χ4v) is 1.15. The number of aryl methyl sites for hydroxylation is 1. The summed E-state index contributed by atoms with van der Waals surface area (Å²) in [6.45, 7) is 8.34. The summed E-state index contributed by atoms with van der Waals surface area (Å²) in [5.74, 6) is 0.918. The summed E-state index contributed by atoms with van der Waals surface area (Å²) < 4.78 is 5.59. The van der Waals surface area contributed by atoms with Gasteiger partial charge in [-0.3, -0.25) is 0 Å². The van der Waals surface area contributed by atoms with Gasteiger partial charge in [0, 0.05) is 0 Å². The molecule has 0 N–H and O–H groups in total. The summed E-state index contributed by atoms with van der Waals surface area (Å²) >= 11 is 0. The molecular weight excluding hydrogens is 172 g/mol. The number of ether oxygens (including phenoxy) is 1. The van der Waals surface area contributed by atoms with Crippen molar-refractivity contribution >= 4 is 0 Å². The zero-order valence-corrected chi connectivity index (χ0v) is 8.79. The molecule has 0 aliphatic heterocycles. The molecule has 1 heteroatoms. The molecular formula is C13H16O. The molecule has 14 heavy (non-hydrogen) atoms. The predicted octanol–water partition coefficient (Wildman–Crippen LogP) is 3.51. The monoisotopic (exact) mass is 188 g/mol. The molecule has 0 heterocycles. The summed E-state index contributed by atoms with van der Waals surface area (Å²) in [7, 11) is 0. The molecule has 1 nitrogen and oxygen atoms in total. The largest absolute Gasteiger partial charge is 0.489 e. The molecule has 0 bridgehead atoms. The maximum absolute atomic E-state index is 5.59. The van der Waals surface area contributed by atoms with Crippen molar-refractivity contribution in [2.75, 3.05) is 6.61 Å². The lowest BCUT2D eigenvalue weighted by atomic mass is 10.2. The van der Waals surface area contributed by atoms with E-state index in [1.54, 1.807) is 6.08 Å². The zero-order chi connectivity index (χ0) is 10.4. The first-order valence-corrected chi connectivity index (χ1v) is 4.70. The Labute approximate surface area is 85.7 Å². The zero-order valence-electron chi connectivity index (χ0n) is 8.79. The van der Waals surface area contributed by atoms with Crippen molar-refractivity contribution in [3.63, 3.8) is 0 Å². The van der Waals surface area contributed by atoms with Gasteiger partial charge in [0.25, 0.3) is 0 Å². The molecule has 0 amide bonds. The van der Waals surface area contributed by atoms with E-state index in [1.165, 1.54) is 11.1 Å². The number of allylic oxidation sites excluding steroid dienone is 2. The molecule has 0 atom stereocenters. The minimum atomic E-state index is 0.621. The van der Waals surface area contributed by atoms with Crippen LogP contribution in [-0.4, -0.2) is 6.61 Å². The highest BCUT2D eigenvalue weighted by molar-refractivity contribution is 5.27. The molecule has 74 valence electrons. The van der Waals surface area contributed by atoms with Crippen LogP contribution in [0.15, 0.2) is 48.6 Å². The van der Waals surface area contributed by atoms with Gasteiger partial charge in [0.2, 0.25) is 0 Å². The molecule has 1 rings (SSSR count). The summed E-state index contributed by atoms with van der Waals surface area (Å²) in [6, 6.07) is 8.05. The third-order valence-corrected chi connectivity index (χ3v) is 1.86. The van der Waals surface area contributed by atoms with E-state index in [9.17, 15) is 0 Å². The number of hydrogen-bond acceptors (Lipinski definition) is 1. The van der Waals surface area contributed by atoms with Gasteiger partial charge in [0.1, 0.15) is 12.4 Å². The first-order valence-electron chi connectivity index (χ1n) is 4.70. The molecule has 0 aromatic heterocycles. The Bertz CT molecular complexity index is 337. The Morgan fingerprint density at radius 3 is 2.93 bits per heavy atom. The average molecular weight is 188 g/mol. The highest BCUT2D eigenvalue weighted by Gasteiger charge is 1.93. The minimum Gasteiger partial charge on any atom is -0.489 e. The third kappa shape index (κ3) is 3.48. The van der Waals surface area contributed by atoms with Crippen LogP contribution in [0.3, 0.4) is 0 Å². The summed E-state index contributed by atoms with van der Waals surface area (Å²) in [4.78, 5) is 0. The predicted molar refractivity (Wildman–Crippen MR) is 60.6 cm³/mol. The lowest BCUT2D eigenvalue weighted by Crippen LogP contribution is -1.98. The van der Waals surface area contributed by atoms with Crippen LogP contribution in [0.1, 0.15) is 12.5 Å². The third-order valence-electron chi connectivity index (χ3n) is 1.86. The highest BCUT2D eigenvalue weighted by atomic mass is 16.5. The molecule has 1 aromatic carbocycles. The van der Waals surface area contributed by atoms with Crippen LogP contribution in [0.5, 0.6) is 5.75 Å². The van der Waals surface area contributed by atoms with Crippen LogP contribution in [0.25, 0.3) is 0 Å². The molecule has 0 saturated heterocycles. The van der Waals surface area contributed by atoms with Crippen molar-refractivity contribution in [1.82, 2.24) is 0 Å². The molecule has 0 aliphatic rings. The molecule has 0 radical (unpaired) electrons. The van der Waals surface area contributed by atoms with Crippen LogP contribution in [0.2, 0.25) is 0 Å². The fraction of sp³-hybridized carbons (Fsp3) is 0.231. The Morgan fingerprint density at radius 1 is 1.50 bits per heavy atom. The van der Waals surface area contributed by atoms with Gasteiger partial charge in [-0.25, -0.2) is 0 Å². The van der Waals surface area contributed by atoms with Crippen molar-refractivity contribution in [3.05, 3.63) is 54.1 Å². The van der Waals surface area contributed by atoms with Crippen molar-refractivity contribution in [2.45, 2.75) is 13.8 Å². The average Bonchev–Trinajstić information content (AvgIpc) is 2.15. The van der Waals surface area contributed by atoms with Gasteiger partial charge in [-0.15, -0.1) is 0 Å². The van der Waals surface area contributed by atoms with Crippen LogP contribution in [-0.2, 0) is 0 Å². The normalized spacial score (nSPS) is 11.1. The van der Waals surface area contributed by atoms with Crippen molar-refractivity contribution < 1.29 is 4.74 Å². The van der Waals surface area contributed by atoms with E-state index >= 15 is 0 Å². The van der Waals surface area contributed by atoms with Crippen molar-refractivity contribution in [1.29, 1.82) is 0 Å². The van der Waals surface area contributed by atoms with Gasteiger partial charge in [0.05, 0.1) is 0 Å². The van der Waals surface area contributed by atoms with Gasteiger partial charge >= 0.3 is 0 Å². The van der Waals surface area contributed by atoms with Crippen LogP contribution >= 0.6 is 0 Å². The lowest BCUT2D eigenvalue weighted by molar-refractivity contribution is 0.352. The minimum absolute atomic E-state index is 0.621. The Kier molecular flexibility index (Phi) is 3.99. The van der Waals surface area contributed by atoms with Gasteiger partial charge in [-0.1, -0.05) is 30.9 Å². The maximum Gasteiger partial charge on any atom is 0.120 e. The molecule has 0 saturated carbocycles. The highest BCUT2D eigenvalue weighted by Crippen LogP contribution is 2.13. The summed E-state index contributed by atoms with van der Waals surface area (Å²) in [5, 5.41) is 0. The Morgan fingerprint density at radius 2 is 2.29 bits per heavy atom. The number of hydrogen-bond donors (Lipinski definition) is 0. The van der Waals surface area contributed by atoms with E-state index in [0.29, 0.717) is 6.61 Å². The van der Waals surface area contributed by atoms with Crippen molar-refractivity contribution in [3.8, 4) is 5.75 Å². The summed E-state index contributed by atoms with van der Waals surface area (Å²) in [5.41, 5.74) is 2.38. The molecule has 0 spiro atoms. The maximum atomic E-state index is 5.59. The smallest absolute Gasteiger partial charge is 0.120 e. The fourth-order valence-electron chi connectivity index (χ4n) is 1.15. The van der Waals surface area contributed by atoms with Gasteiger partial charge in [-0.05, 0) is 37.1 Å².